The van der Waals surface area contributed by atoms with Crippen LogP contribution < -0.4 is 10.4 Å². The van der Waals surface area contributed by atoms with Crippen molar-refractivity contribution in [2.45, 2.75) is 32.6 Å². The molecule has 1 aliphatic rings. The summed E-state index contributed by atoms with van der Waals surface area (Å²) in [7, 11) is 1.62. The molecule has 2 aromatic rings. The number of likely N-dealkylation sites (tertiary alicyclic amines) is 1. The summed E-state index contributed by atoms with van der Waals surface area (Å²) >= 11 is 0. The smallest absolute Gasteiger partial charge is 0.349 e. The molecular formula is C22H24N2O4. The number of methoxy groups -OCH3 is 1. The standard InChI is InChI=1S/C22H24N2O4/c1-15-12-19(10-7-16-5-8-18(27-2)9-6-16)28-22(26)20(15)21(25)24-11-3-4-17(13-23)14-24/h5-6,8-9,12,17H,3-4,7,10-11,14H2,1-2H3. The Balaban J connectivity index is 1.72. The molecule has 1 aliphatic heterocycles. The number of rotatable bonds is 5. The fourth-order valence-electron chi connectivity index (χ4n) is 3.54. The molecule has 0 spiro atoms. The topological polar surface area (TPSA) is 83.5 Å². The maximum atomic E-state index is 12.8. The number of ether oxygens (including phenoxy) is 1. The first kappa shape index (κ1) is 19.7. The van der Waals surface area contributed by atoms with E-state index in [1.807, 2.05) is 24.3 Å². The third kappa shape index (κ3) is 4.42. The fourth-order valence-corrected chi connectivity index (χ4v) is 3.54. The third-order valence-electron chi connectivity index (χ3n) is 5.12. The van der Waals surface area contributed by atoms with Gasteiger partial charge in [-0.3, -0.25) is 4.79 Å². The molecule has 146 valence electrons. The van der Waals surface area contributed by atoms with Crippen LogP contribution in [0.2, 0.25) is 0 Å². The van der Waals surface area contributed by atoms with Crippen molar-refractivity contribution in [1.29, 1.82) is 5.26 Å². The Hall–Kier alpha value is -3.07. The van der Waals surface area contributed by atoms with Gasteiger partial charge in [0.25, 0.3) is 5.91 Å². The monoisotopic (exact) mass is 380 g/mol. The van der Waals surface area contributed by atoms with Crippen molar-refractivity contribution in [3.8, 4) is 11.8 Å². The van der Waals surface area contributed by atoms with Crippen molar-refractivity contribution >= 4 is 5.91 Å². The molecular weight excluding hydrogens is 356 g/mol. The molecule has 6 heteroatoms. The molecule has 0 radical (unpaired) electrons. The van der Waals surface area contributed by atoms with Crippen molar-refractivity contribution in [3.05, 3.63) is 63.2 Å². The molecule has 1 fully saturated rings. The van der Waals surface area contributed by atoms with E-state index >= 15 is 0 Å². The van der Waals surface area contributed by atoms with Crippen LogP contribution in [0.1, 0.15) is 40.1 Å². The van der Waals surface area contributed by atoms with Crippen LogP contribution in [0, 0.1) is 24.2 Å². The van der Waals surface area contributed by atoms with Crippen molar-refractivity contribution in [1.82, 2.24) is 4.90 Å². The largest absolute Gasteiger partial charge is 0.497 e. The maximum Gasteiger partial charge on any atom is 0.349 e. The van der Waals surface area contributed by atoms with E-state index in [9.17, 15) is 9.59 Å². The average molecular weight is 380 g/mol. The van der Waals surface area contributed by atoms with Gasteiger partial charge < -0.3 is 14.1 Å². The number of amides is 1. The summed E-state index contributed by atoms with van der Waals surface area (Å²) in [6, 6.07) is 11.7. The van der Waals surface area contributed by atoms with Gasteiger partial charge in [0, 0.05) is 19.5 Å². The average Bonchev–Trinajstić information content (AvgIpc) is 2.72. The van der Waals surface area contributed by atoms with E-state index in [-0.39, 0.29) is 17.4 Å². The molecule has 1 aromatic carbocycles. The zero-order valence-corrected chi connectivity index (χ0v) is 16.2. The number of nitriles is 1. The second-order valence-electron chi connectivity index (χ2n) is 7.13. The van der Waals surface area contributed by atoms with Crippen LogP contribution in [0.3, 0.4) is 0 Å². The Morgan fingerprint density at radius 1 is 1.32 bits per heavy atom. The molecule has 6 nitrogen and oxygen atoms in total. The van der Waals surface area contributed by atoms with E-state index in [0.717, 1.165) is 30.6 Å². The van der Waals surface area contributed by atoms with E-state index in [2.05, 4.69) is 6.07 Å². The quantitative estimate of drug-likeness (QED) is 0.796. The highest BCUT2D eigenvalue weighted by atomic mass is 16.5. The lowest BCUT2D eigenvalue weighted by Gasteiger charge is -2.29. The Morgan fingerprint density at radius 2 is 2.07 bits per heavy atom. The molecule has 1 unspecified atom stereocenters. The summed E-state index contributed by atoms with van der Waals surface area (Å²) in [5, 5.41) is 9.11. The Bertz CT molecular complexity index is 940. The van der Waals surface area contributed by atoms with Crippen LogP contribution in [0.25, 0.3) is 0 Å². The second-order valence-corrected chi connectivity index (χ2v) is 7.13. The molecule has 0 saturated carbocycles. The van der Waals surface area contributed by atoms with Crippen LogP contribution in [-0.2, 0) is 12.8 Å². The molecule has 0 N–H and O–H groups in total. The van der Waals surface area contributed by atoms with E-state index in [1.165, 1.54) is 0 Å². The zero-order valence-electron chi connectivity index (χ0n) is 16.2. The van der Waals surface area contributed by atoms with Gasteiger partial charge in [0.2, 0.25) is 0 Å². The lowest BCUT2D eigenvalue weighted by atomic mass is 9.98. The Kier molecular flexibility index (Phi) is 6.15. The van der Waals surface area contributed by atoms with Gasteiger partial charge in [-0.2, -0.15) is 5.26 Å². The number of nitrogens with zero attached hydrogens (tertiary/aromatic N) is 2. The molecule has 0 aliphatic carbocycles. The second kappa shape index (κ2) is 8.75. The lowest BCUT2D eigenvalue weighted by Crippen LogP contribution is -2.41. The van der Waals surface area contributed by atoms with Crippen LogP contribution in [-0.4, -0.2) is 31.0 Å². The molecule has 3 rings (SSSR count). The predicted molar refractivity (Wildman–Crippen MR) is 104 cm³/mol. The highest BCUT2D eigenvalue weighted by Crippen LogP contribution is 2.19. The van der Waals surface area contributed by atoms with E-state index in [1.54, 1.807) is 25.0 Å². The summed E-state index contributed by atoms with van der Waals surface area (Å²) in [6.07, 6.45) is 2.85. The number of piperidine rings is 1. The number of aryl methyl sites for hydroxylation is 3. The molecule has 1 saturated heterocycles. The third-order valence-corrected chi connectivity index (χ3v) is 5.12. The van der Waals surface area contributed by atoms with Gasteiger partial charge in [0.05, 0.1) is 19.1 Å². The van der Waals surface area contributed by atoms with E-state index < -0.39 is 5.63 Å². The number of hydrogen-bond acceptors (Lipinski definition) is 5. The number of benzene rings is 1. The minimum absolute atomic E-state index is 0.0757. The van der Waals surface area contributed by atoms with Crippen molar-refractivity contribution in [2.75, 3.05) is 20.2 Å². The van der Waals surface area contributed by atoms with E-state index in [4.69, 9.17) is 14.4 Å². The summed E-state index contributed by atoms with van der Waals surface area (Å²) in [5.41, 5.74) is 1.20. The van der Waals surface area contributed by atoms with Gasteiger partial charge in [-0.1, -0.05) is 12.1 Å². The van der Waals surface area contributed by atoms with Crippen molar-refractivity contribution in [3.63, 3.8) is 0 Å². The van der Waals surface area contributed by atoms with Crippen molar-refractivity contribution in [2.24, 2.45) is 5.92 Å². The van der Waals surface area contributed by atoms with Crippen LogP contribution in [0.15, 0.2) is 39.5 Å². The first-order valence-corrected chi connectivity index (χ1v) is 9.47. The van der Waals surface area contributed by atoms with Gasteiger partial charge in [0.15, 0.2) is 0 Å². The number of carbonyl (C=O) groups is 1. The van der Waals surface area contributed by atoms with Crippen LogP contribution in [0.5, 0.6) is 5.75 Å². The van der Waals surface area contributed by atoms with E-state index in [0.29, 0.717) is 30.8 Å². The normalized spacial score (nSPS) is 16.5. The molecule has 1 atom stereocenters. The molecule has 1 aromatic heterocycles. The van der Waals surface area contributed by atoms with Gasteiger partial charge >= 0.3 is 5.63 Å². The van der Waals surface area contributed by atoms with Crippen LogP contribution >= 0.6 is 0 Å². The van der Waals surface area contributed by atoms with Gasteiger partial charge in [-0.15, -0.1) is 0 Å². The summed E-state index contributed by atoms with van der Waals surface area (Å²) in [5.74, 6) is 0.843. The summed E-state index contributed by atoms with van der Waals surface area (Å²) in [6.45, 7) is 2.69. The van der Waals surface area contributed by atoms with Gasteiger partial charge in [0.1, 0.15) is 17.1 Å². The summed E-state index contributed by atoms with van der Waals surface area (Å²) < 4.78 is 10.6. The molecule has 1 amide bonds. The SMILES string of the molecule is COc1ccc(CCc2cc(C)c(C(=O)N3CCCC(C#N)C3)c(=O)o2)cc1. The minimum atomic E-state index is -0.603. The number of hydrogen-bond donors (Lipinski definition) is 0. The lowest BCUT2D eigenvalue weighted by molar-refractivity contribution is 0.0693. The molecule has 2 heterocycles. The Morgan fingerprint density at radius 3 is 2.71 bits per heavy atom. The maximum absolute atomic E-state index is 12.8. The molecule has 0 bridgehead atoms. The first-order valence-electron chi connectivity index (χ1n) is 9.47. The molecule has 28 heavy (non-hydrogen) atoms. The van der Waals surface area contributed by atoms with Gasteiger partial charge in [-0.25, -0.2) is 4.79 Å². The fraction of sp³-hybridized carbons (Fsp3) is 0.409. The van der Waals surface area contributed by atoms with Crippen molar-refractivity contribution < 1.29 is 13.9 Å². The Labute approximate surface area is 164 Å². The summed E-state index contributed by atoms with van der Waals surface area (Å²) in [4.78, 5) is 26.9. The highest BCUT2D eigenvalue weighted by molar-refractivity contribution is 5.95. The predicted octanol–water partition coefficient (Wildman–Crippen LogP) is 3.12. The first-order chi connectivity index (χ1) is 13.5. The zero-order chi connectivity index (χ0) is 20.1. The van der Waals surface area contributed by atoms with Crippen LogP contribution in [0.4, 0.5) is 0 Å². The highest BCUT2D eigenvalue weighted by Gasteiger charge is 2.27. The van der Waals surface area contributed by atoms with Gasteiger partial charge in [-0.05, 0) is 55.5 Å². The number of carbonyl (C=O) groups excluding carboxylic acids is 1. The minimum Gasteiger partial charge on any atom is -0.497 e.